The summed E-state index contributed by atoms with van der Waals surface area (Å²) < 4.78 is 32.1. The third kappa shape index (κ3) is 7.68. The molecular weight excluding hydrogens is 533 g/mol. The molecule has 0 bridgehead atoms. The molecule has 2 aromatic carbocycles. The Morgan fingerprint density at radius 3 is 2.41 bits per heavy atom. The zero-order valence-electron chi connectivity index (χ0n) is 22.0. The second-order valence-corrected chi connectivity index (χ2v) is 12.9. The molecule has 1 saturated carbocycles. The van der Waals surface area contributed by atoms with Gasteiger partial charge in [0.15, 0.2) is 0 Å². The number of benzene rings is 2. The Kier molecular flexibility index (Phi) is 10.4. The number of carbonyl (C=O) groups is 1. The van der Waals surface area contributed by atoms with Crippen LogP contribution in [0.2, 0.25) is 10.0 Å². The largest absolute Gasteiger partial charge is 0.370 e. The number of nitrogens with zero attached hydrogens (tertiary/aromatic N) is 2. The third-order valence-corrected chi connectivity index (χ3v) is 9.95. The summed E-state index contributed by atoms with van der Waals surface area (Å²) in [5, 5.41) is 3.50. The van der Waals surface area contributed by atoms with Crippen molar-refractivity contribution in [1.29, 1.82) is 0 Å². The maximum atomic E-state index is 12.7. The van der Waals surface area contributed by atoms with Gasteiger partial charge in [0, 0.05) is 30.2 Å². The third-order valence-electron chi connectivity index (χ3n) is 7.38. The molecule has 1 amide bonds. The van der Waals surface area contributed by atoms with E-state index in [-0.39, 0.29) is 47.2 Å². The summed E-state index contributed by atoms with van der Waals surface area (Å²) in [4.78, 5) is 14.8. The first kappa shape index (κ1) is 29.9. The number of halogens is 2. The Morgan fingerprint density at radius 1 is 1.11 bits per heavy atom. The van der Waals surface area contributed by atoms with Gasteiger partial charge >= 0.3 is 0 Å². The molecule has 0 aliphatic heterocycles. The van der Waals surface area contributed by atoms with Crippen LogP contribution in [0, 0.1) is 6.92 Å². The highest BCUT2D eigenvalue weighted by atomic mass is 35.5. The fourth-order valence-corrected chi connectivity index (χ4v) is 6.74. The van der Waals surface area contributed by atoms with Crippen LogP contribution in [-0.4, -0.2) is 76.0 Å². The van der Waals surface area contributed by atoms with E-state index in [9.17, 15) is 13.2 Å². The number of amides is 1. The fraction of sp³-hybridized carbons (Fsp3) is 0.519. The standard InChI is InChI=1S/C27H37Cl2N3O4S/c1-20-7-5-6-8-21(20)18-27(31(2)3)13-11-23(12-14-27)30-26(33)19-36-16-15-32(4)37(34,35)25-10-9-22(28)17-24(25)29/h5-10,17,23H,11-16,18-19H2,1-4H3,(H,30,33). The molecule has 1 N–H and O–H groups in total. The second-order valence-electron chi connectivity index (χ2n) is 10.0. The average Bonchev–Trinajstić information content (AvgIpc) is 2.84. The number of rotatable bonds is 11. The van der Waals surface area contributed by atoms with Crippen LogP contribution >= 0.6 is 23.2 Å². The smallest absolute Gasteiger partial charge is 0.246 e. The van der Waals surface area contributed by atoms with Crippen molar-refractivity contribution in [2.75, 3.05) is 40.9 Å². The van der Waals surface area contributed by atoms with Crippen LogP contribution in [0.4, 0.5) is 0 Å². The number of ether oxygens (including phenoxy) is 1. The number of carbonyl (C=O) groups excluding carboxylic acids is 1. The highest BCUT2D eigenvalue weighted by Gasteiger charge is 2.38. The lowest BCUT2D eigenvalue weighted by molar-refractivity contribution is -0.126. The van der Waals surface area contributed by atoms with Gasteiger partial charge in [0.1, 0.15) is 11.5 Å². The Bertz CT molecular complexity index is 1180. The molecule has 1 fully saturated rings. The molecule has 0 radical (unpaired) electrons. The van der Waals surface area contributed by atoms with Crippen LogP contribution in [0.15, 0.2) is 47.4 Å². The molecule has 0 atom stereocenters. The van der Waals surface area contributed by atoms with Crippen LogP contribution in [0.1, 0.15) is 36.8 Å². The molecule has 7 nitrogen and oxygen atoms in total. The molecule has 0 aromatic heterocycles. The van der Waals surface area contributed by atoms with Crippen molar-refractivity contribution >= 4 is 39.1 Å². The number of hydrogen-bond donors (Lipinski definition) is 1. The minimum absolute atomic E-state index is 0.0210. The highest BCUT2D eigenvalue weighted by molar-refractivity contribution is 7.89. The summed E-state index contributed by atoms with van der Waals surface area (Å²) in [6.45, 7) is 2.21. The van der Waals surface area contributed by atoms with E-state index in [0.29, 0.717) is 5.02 Å². The van der Waals surface area contributed by atoms with Crippen LogP contribution in [0.25, 0.3) is 0 Å². The summed E-state index contributed by atoms with van der Waals surface area (Å²) >= 11 is 11.9. The van der Waals surface area contributed by atoms with E-state index in [1.165, 1.54) is 36.4 Å². The summed E-state index contributed by atoms with van der Waals surface area (Å²) in [6, 6.07) is 12.9. The van der Waals surface area contributed by atoms with Crippen molar-refractivity contribution in [3.8, 4) is 0 Å². The molecular formula is C27H37Cl2N3O4S. The van der Waals surface area contributed by atoms with Crippen molar-refractivity contribution in [3.05, 3.63) is 63.6 Å². The van der Waals surface area contributed by atoms with Crippen LogP contribution in [0.3, 0.4) is 0 Å². The summed E-state index contributed by atoms with van der Waals surface area (Å²) in [6.07, 6.45) is 4.79. The van der Waals surface area contributed by atoms with Crippen molar-refractivity contribution in [2.45, 2.75) is 55.5 Å². The molecule has 204 valence electrons. The van der Waals surface area contributed by atoms with Gasteiger partial charge in [0.05, 0.1) is 11.6 Å². The Morgan fingerprint density at radius 2 is 1.78 bits per heavy atom. The maximum absolute atomic E-state index is 12.7. The summed E-state index contributed by atoms with van der Waals surface area (Å²) in [5.41, 5.74) is 2.76. The molecule has 0 unspecified atom stereocenters. The molecule has 0 spiro atoms. The molecule has 0 heterocycles. The number of sulfonamides is 1. The zero-order valence-corrected chi connectivity index (χ0v) is 24.3. The Balaban J connectivity index is 1.43. The second kappa shape index (κ2) is 12.9. The average molecular weight is 571 g/mol. The van der Waals surface area contributed by atoms with Crippen LogP contribution in [-0.2, 0) is 26.0 Å². The predicted octanol–water partition coefficient (Wildman–Crippen LogP) is 4.54. The number of aryl methyl sites for hydroxylation is 1. The molecule has 2 aromatic rings. The van der Waals surface area contributed by atoms with E-state index in [1.54, 1.807) is 0 Å². The van der Waals surface area contributed by atoms with E-state index in [1.807, 2.05) is 0 Å². The van der Waals surface area contributed by atoms with Crippen LogP contribution < -0.4 is 5.32 Å². The first-order valence-corrected chi connectivity index (χ1v) is 14.6. The van der Waals surface area contributed by atoms with E-state index in [4.69, 9.17) is 27.9 Å². The quantitative estimate of drug-likeness (QED) is 0.402. The topological polar surface area (TPSA) is 79.0 Å². The molecule has 0 saturated heterocycles. The van der Waals surface area contributed by atoms with Gasteiger partial charge in [-0.05, 0) is 82.4 Å². The van der Waals surface area contributed by atoms with E-state index in [2.05, 4.69) is 55.5 Å². The lowest BCUT2D eigenvalue weighted by Crippen LogP contribution is -2.52. The first-order chi connectivity index (χ1) is 17.4. The summed E-state index contributed by atoms with van der Waals surface area (Å²) in [5.74, 6) is -0.187. The van der Waals surface area contributed by atoms with E-state index in [0.717, 1.165) is 36.4 Å². The molecule has 1 aliphatic rings. The minimum atomic E-state index is -3.80. The molecule has 1 aliphatic carbocycles. The van der Waals surface area contributed by atoms with Gasteiger partial charge in [0.25, 0.3) is 0 Å². The van der Waals surface area contributed by atoms with Gasteiger partial charge in [-0.3, -0.25) is 4.79 Å². The van der Waals surface area contributed by atoms with Gasteiger partial charge < -0.3 is 15.0 Å². The number of hydrogen-bond acceptors (Lipinski definition) is 5. The van der Waals surface area contributed by atoms with Gasteiger partial charge in [-0.2, -0.15) is 4.31 Å². The molecule has 10 heteroatoms. The highest BCUT2D eigenvalue weighted by Crippen LogP contribution is 2.36. The van der Waals surface area contributed by atoms with Crippen LogP contribution in [0.5, 0.6) is 0 Å². The van der Waals surface area contributed by atoms with Gasteiger partial charge in [-0.15, -0.1) is 0 Å². The van der Waals surface area contributed by atoms with E-state index < -0.39 is 10.0 Å². The fourth-order valence-electron chi connectivity index (χ4n) is 4.84. The Hall–Kier alpha value is -1.68. The number of nitrogens with one attached hydrogen (secondary N) is 1. The van der Waals surface area contributed by atoms with Gasteiger partial charge in [0.2, 0.25) is 15.9 Å². The van der Waals surface area contributed by atoms with Gasteiger partial charge in [-0.1, -0.05) is 47.5 Å². The lowest BCUT2D eigenvalue weighted by Gasteiger charge is -2.45. The normalized spacial score (nSPS) is 20.4. The SMILES string of the molecule is Cc1ccccc1CC1(N(C)C)CCC(NC(=O)COCCN(C)S(=O)(=O)c2ccc(Cl)cc2Cl)CC1. The van der Waals surface area contributed by atoms with Crippen molar-refractivity contribution in [2.24, 2.45) is 0 Å². The maximum Gasteiger partial charge on any atom is 0.246 e. The van der Waals surface area contributed by atoms with Gasteiger partial charge in [-0.25, -0.2) is 8.42 Å². The monoisotopic (exact) mass is 569 g/mol. The van der Waals surface area contributed by atoms with Crippen molar-refractivity contribution in [3.63, 3.8) is 0 Å². The molecule has 37 heavy (non-hydrogen) atoms. The summed E-state index contributed by atoms with van der Waals surface area (Å²) in [7, 11) is 1.93. The number of likely N-dealkylation sites (N-methyl/N-ethyl adjacent to an activating group) is 2. The van der Waals surface area contributed by atoms with E-state index >= 15 is 0 Å². The van der Waals surface area contributed by atoms with Crippen molar-refractivity contribution in [1.82, 2.24) is 14.5 Å². The lowest BCUT2D eigenvalue weighted by atomic mass is 9.74. The minimum Gasteiger partial charge on any atom is -0.370 e. The first-order valence-electron chi connectivity index (χ1n) is 12.4. The molecule has 3 rings (SSSR count). The van der Waals surface area contributed by atoms with Crippen molar-refractivity contribution < 1.29 is 17.9 Å². The zero-order chi connectivity index (χ0) is 27.2. The predicted molar refractivity (Wildman–Crippen MR) is 149 cm³/mol. The Labute approximate surface area is 231 Å².